The zero-order chi connectivity index (χ0) is 7.68. The van der Waals surface area contributed by atoms with Crippen LogP contribution in [0.3, 0.4) is 0 Å². The van der Waals surface area contributed by atoms with E-state index in [4.69, 9.17) is 5.84 Å². The van der Waals surface area contributed by atoms with Gasteiger partial charge in [0.05, 0.1) is 5.52 Å². The Morgan fingerprint density at radius 3 is 3.09 bits per heavy atom. The van der Waals surface area contributed by atoms with Gasteiger partial charge in [0.1, 0.15) is 5.82 Å². The van der Waals surface area contributed by atoms with E-state index in [1.165, 1.54) is 0 Å². The van der Waals surface area contributed by atoms with Crippen molar-refractivity contribution in [1.29, 1.82) is 0 Å². The van der Waals surface area contributed by atoms with Crippen LogP contribution in [0.4, 0.5) is 5.82 Å². The second-order valence-corrected chi connectivity index (χ2v) is 2.22. The summed E-state index contributed by atoms with van der Waals surface area (Å²) in [5, 5.41) is 4.09. The molecule has 0 aliphatic heterocycles. The Morgan fingerprint density at radius 2 is 2.27 bits per heavy atom. The highest BCUT2D eigenvalue weighted by atomic mass is 15.3. The Labute approximate surface area is 63.6 Å². The van der Waals surface area contributed by atoms with Crippen molar-refractivity contribution >= 4 is 11.3 Å². The summed E-state index contributed by atoms with van der Waals surface area (Å²) in [7, 11) is 0. The Hall–Kier alpha value is -1.55. The van der Waals surface area contributed by atoms with E-state index in [2.05, 4.69) is 10.5 Å². The second kappa shape index (κ2) is 2.25. The molecule has 0 aromatic carbocycles. The summed E-state index contributed by atoms with van der Waals surface area (Å²) in [6.07, 6.45) is 1.72. The summed E-state index contributed by atoms with van der Waals surface area (Å²) < 4.78 is 1.74. The first-order valence-corrected chi connectivity index (χ1v) is 3.31. The van der Waals surface area contributed by atoms with Crippen LogP contribution in [0.2, 0.25) is 0 Å². The lowest BCUT2D eigenvalue weighted by atomic mass is 10.5. The maximum absolute atomic E-state index is 5.25. The van der Waals surface area contributed by atoms with Gasteiger partial charge in [0.25, 0.3) is 0 Å². The number of hydrazine groups is 1. The Balaban J connectivity index is 2.76. The monoisotopic (exact) mass is 148 g/mol. The number of rotatable bonds is 1. The fraction of sp³-hybridized carbons (Fsp3) is 0. The maximum Gasteiger partial charge on any atom is 0.142 e. The quantitative estimate of drug-likeness (QED) is 0.460. The van der Waals surface area contributed by atoms with Crippen molar-refractivity contribution in [3.05, 3.63) is 30.5 Å². The van der Waals surface area contributed by atoms with Crippen molar-refractivity contribution in [3.63, 3.8) is 0 Å². The molecule has 0 radical (unpaired) electrons. The SMILES string of the molecule is NNc1ccc2cccnn12. The molecule has 4 heteroatoms. The van der Waals surface area contributed by atoms with Gasteiger partial charge in [0.2, 0.25) is 0 Å². The number of nitrogens with zero attached hydrogens (tertiary/aromatic N) is 2. The van der Waals surface area contributed by atoms with Gasteiger partial charge in [-0.3, -0.25) is 0 Å². The summed E-state index contributed by atoms with van der Waals surface area (Å²) in [6, 6.07) is 7.67. The second-order valence-electron chi connectivity index (χ2n) is 2.22. The van der Waals surface area contributed by atoms with Gasteiger partial charge in [0.15, 0.2) is 0 Å². The first-order valence-electron chi connectivity index (χ1n) is 3.31. The van der Waals surface area contributed by atoms with Crippen molar-refractivity contribution in [2.24, 2.45) is 5.84 Å². The van der Waals surface area contributed by atoms with E-state index in [0.717, 1.165) is 11.3 Å². The van der Waals surface area contributed by atoms with Gasteiger partial charge in [-0.15, -0.1) is 0 Å². The topological polar surface area (TPSA) is 55.3 Å². The molecule has 2 heterocycles. The molecule has 11 heavy (non-hydrogen) atoms. The molecule has 56 valence electrons. The summed E-state index contributed by atoms with van der Waals surface area (Å²) in [4.78, 5) is 0. The molecule has 0 saturated heterocycles. The lowest BCUT2D eigenvalue weighted by molar-refractivity contribution is 0.938. The first kappa shape index (κ1) is 6.18. The Morgan fingerprint density at radius 1 is 1.36 bits per heavy atom. The van der Waals surface area contributed by atoms with Gasteiger partial charge >= 0.3 is 0 Å². The number of anilines is 1. The molecular weight excluding hydrogens is 140 g/mol. The molecular formula is C7H8N4. The number of aromatic nitrogens is 2. The summed E-state index contributed by atoms with van der Waals surface area (Å²) in [6.45, 7) is 0. The first-order chi connectivity index (χ1) is 5.42. The van der Waals surface area contributed by atoms with E-state index in [1.807, 2.05) is 24.3 Å². The molecule has 3 N–H and O–H groups in total. The van der Waals surface area contributed by atoms with Crippen LogP contribution in [0.15, 0.2) is 30.5 Å². The molecule has 0 saturated carbocycles. The molecule has 4 nitrogen and oxygen atoms in total. The third kappa shape index (κ3) is 0.841. The van der Waals surface area contributed by atoms with Crippen LogP contribution < -0.4 is 11.3 Å². The summed E-state index contributed by atoms with van der Waals surface area (Å²) >= 11 is 0. The number of fused-ring (bicyclic) bond motifs is 1. The smallest absolute Gasteiger partial charge is 0.142 e. The van der Waals surface area contributed by atoms with Crippen LogP contribution in [0, 0.1) is 0 Å². The molecule has 0 atom stereocenters. The largest absolute Gasteiger partial charge is 0.308 e. The highest BCUT2D eigenvalue weighted by Crippen LogP contribution is 2.10. The van der Waals surface area contributed by atoms with Crippen molar-refractivity contribution in [1.82, 2.24) is 9.61 Å². The molecule has 0 aliphatic carbocycles. The van der Waals surface area contributed by atoms with Crippen LogP contribution in [-0.2, 0) is 0 Å². The molecule has 0 spiro atoms. The van der Waals surface area contributed by atoms with Crippen molar-refractivity contribution < 1.29 is 0 Å². The molecule has 2 aromatic heterocycles. The van der Waals surface area contributed by atoms with Crippen LogP contribution in [-0.4, -0.2) is 9.61 Å². The number of nitrogens with two attached hydrogens (primary N) is 1. The van der Waals surface area contributed by atoms with E-state index in [9.17, 15) is 0 Å². The third-order valence-electron chi connectivity index (χ3n) is 1.57. The highest BCUT2D eigenvalue weighted by Gasteiger charge is 1.96. The molecule has 0 fully saturated rings. The van der Waals surface area contributed by atoms with Crippen LogP contribution in [0.25, 0.3) is 5.52 Å². The van der Waals surface area contributed by atoms with Crippen LogP contribution >= 0.6 is 0 Å². The third-order valence-corrected chi connectivity index (χ3v) is 1.57. The van der Waals surface area contributed by atoms with E-state index in [-0.39, 0.29) is 0 Å². The molecule has 0 unspecified atom stereocenters. The summed E-state index contributed by atoms with van der Waals surface area (Å²) in [5.41, 5.74) is 3.58. The number of hydrogen-bond donors (Lipinski definition) is 2. The number of hydrogen-bond acceptors (Lipinski definition) is 3. The highest BCUT2D eigenvalue weighted by molar-refractivity contribution is 5.55. The Bertz CT molecular complexity index is 365. The fourth-order valence-corrected chi connectivity index (χ4v) is 1.06. The predicted octanol–water partition coefficient (Wildman–Crippen LogP) is 0.620. The molecule has 0 bridgehead atoms. The predicted molar refractivity (Wildman–Crippen MR) is 43.0 cm³/mol. The number of nitrogens with one attached hydrogen (secondary N) is 1. The molecule has 2 aromatic rings. The average Bonchev–Trinajstić information content (AvgIpc) is 2.47. The fourth-order valence-electron chi connectivity index (χ4n) is 1.06. The minimum absolute atomic E-state index is 0.792. The van der Waals surface area contributed by atoms with E-state index in [1.54, 1.807) is 10.7 Å². The maximum atomic E-state index is 5.25. The van der Waals surface area contributed by atoms with Crippen molar-refractivity contribution in [2.45, 2.75) is 0 Å². The summed E-state index contributed by atoms with van der Waals surface area (Å²) in [5.74, 6) is 6.04. The van der Waals surface area contributed by atoms with E-state index >= 15 is 0 Å². The zero-order valence-corrected chi connectivity index (χ0v) is 5.86. The van der Waals surface area contributed by atoms with Gasteiger partial charge in [-0.1, -0.05) is 0 Å². The van der Waals surface area contributed by atoms with Crippen LogP contribution in [0.5, 0.6) is 0 Å². The van der Waals surface area contributed by atoms with Gasteiger partial charge in [-0.25, -0.2) is 10.4 Å². The van der Waals surface area contributed by atoms with Gasteiger partial charge in [-0.2, -0.15) is 5.10 Å². The van der Waals surface area contributed by atoms with Crippen molar-refractivity contribution in [3.8, 4) is 0 Å². The van der Waals surface area contributed by atoms with E-state index < -0.39 is 0 Å². The van der Waals surface area contributed by atoms with Crippen molar-refractivity contribution in [2.75, 3.05) is 5.43 Å². The van der Waals surface area contributed by atoms with Gasteiger partial charge in [0, 0.05) is 6.20 Å². The minimum Gasteiger partial charge on any atom is -0.308 e. The Kier molecular flexibility index (Phi) is 1.26. The normalized spacial score (nSPS) is 10.3. The molecule has 2 rings (SSSR count). The lowest BCUT2D eigenvalue weighted by Gasteiger charge is -1.97. The number of nitrogen functional groups attached to an aromatic ring is 1. The van der Waals surface area contributed by atoms with E-state index in [0.29, 0.717) is 0 Å². The van der Waals surface area contributed by atoms with Gasteiger partial charge < -0.3 is 5.43 Å². The minimum atomic E-state index is 0.792. The average molecular weight is 148 g/mol. The molecule has 0 aliphatic rings. The lowest BCUT2D eigenvalue weighted by Crippen LogP contribution is -2.09. The zero-order valence-electron chi connectivity index (χ0n) is 5.86. The molecule has 0 amide bonds. The van der Waals surface area contributed by atoms with Gasteiger partial charge in [-0.05, 0) is 24.3 Å². The standard InChI is InChI=1S/C7H8N4/c8-10-7-4-3-6-2-1-5-9-11(6)7/h1-5,10H,8H2. The van der Waals surface area contributed by atoms with Crippen LogP contribution in [0.1, 0.15) is 0 Å².